The van der Waals surface area contributed by atoms with Crippen molar-refractivity contribution in [2.24, 2.45) is 0 Å². The number of benzene rings is 2. The Morgan fingerprint density at radius 2 is 1.81 bits per heavy atom. The van der Waals surface area contributed by atoms with Gasteiger partial charge in [-0.2, -0.15) is 0 Å². The van der Waals surface area contributed by atoms with Crippen molar-refractivity contribution in [3.63, 3.8) is 0 Å². The number of carbonyl (C=O) groups excluding carboxylic acids is 2. The van der Waals surface area contributed by atoms with Crippen LogP contribution in [0.1, 0.15) is 22.3 Å². The van der Waals surface area contributed by atoms with Crippen LogP contribution in [0.5, 0.6) is 11.5 Å². The molecular weight excluding hydrogens is 344 g/mol. The number of nitrogens with one attached hydrogen (secondary N) is 1. The monoisotopic (exact) mass is 368 g/mol. The Balaban J connectivity index is 1.43. The molecule has 1 heterocycles. The summed E-state index contributed by atoms with van der Waals surface area (Å²) in [4.78, 5) is 26.1. The second-order valence-electron chi connectivity index (χ2n) is 6.59. The van der Waals surface area contributed by atoms with E-state index in [9.17, 15) is 9.59 Å². The normalized spacial score (nSPS) is 15.1. The number of hydrogen-bond acceptors (Lipinski definition) is 4. The summed E-state index contributed by atoms with van der Waals surface area (Å²) in [5.41, 5.74) is 1.54. The fourth-order valence-electron chi connectivity index (χ4n) is 2.96. The first-order valence-electron chi connectivity index (χ1n) is 9.01. The number of amides is 2. The zero-order chi connectivity index (χ0) is 19.2. The van der Waals surface area contributed by atoms with Gasteiger partial charge in [-0.05, 0) is 30.7 Å². The molecule has 0 aliphatic carbocycles. The van der Waals surface area contributed by atoms with Gasteiger partial charge in [0.1, 0.15) is 6.61 Å². The molecule has 2 aromatic rings. The van der Waals surface area contributed by atoms with Crippen LogP contribution < -0.4 is 14.8 Å². The first kappa shape index (κ1) is 18.8. The van der Waals surface area contributed by atoms with Gasteiger partial charge in [-0.3, -0.25) is 9.59 Å². The number of likely N-dealkylation sites (N-methyl/N-ethyl adjacent to an activating group) is 1. The van der Waals surface area contributed by atoms with Crippen molar-refractivity contribution >= 4 is 11.8 Å². The fraction of sp³-hybridized carbons (Fsp3) is 0.333. The van der Waals surface area contributed by atoms with Crippen molar-refractivity contribution in [2.45, 2.75) is 19.4 Å². The number of carbonyl (C=O) groups is 2. The van der Waals surface area contributed by atoms with E-state index in [1.165, 1.54) is 0 Å². The van der Waals surface area contributed by atoms with Crippen molar-refractivity contribution in [3.05, 3.63) is 59.7 Å². The summed E-state index contributed by atoms with van der Waals surface area (Å²) in [5.74, 6) is 1.20. The van der Waals surface area contributed by atoms with Gasteiger partial charge in [0.2, 0.25) is 5.91 Å². The SMILES string of the molecule is Cc1ccccc1C(=O)NCCC(=O)N(C)CC1COc2ccccc2O1. The molecule has 1 aliphatic heterocycles. The van der Waals surface area contributed by atoms with Crippen LogP contribution in [0.4, 0.5) is 0 Å². The molecule has 142 valence electrons. The number of ether oxygens (including phenoxy) is 2. The maximum absolute atomic E-state index is 12.3. The van der Waals surface area contributed by atoms with E-state index in [1.807, 2.05) is 49.4 Å². The minimum Gasteiger partial charge on any atom is -0.486 e. The number of fused-ring (bicyclic) bond motifs is 1. The third kappa shape index (κ3) is 4.78. The van der Waals surface area contributed by atoms with Crippen molar-refractivity contribution in [1.82, 2.24) is 10.2 Å². The minimum absolute atomic E-state index is 0.0532. The van der Waals surface area contributed by atoms with Gasteiger partial charge in [0, 0.05) is 25.6 Å². The fourth-order valence-corrected chi connectivity index (χ4v) is 2.96. The lowest BCUT2D eigenvalue weighted by Gasteiger charge is -2.29. The summed E-state index contributed by atoms with van der Waals surface area (Å²) < 4.78 is 11.5. The maximum Gasteiger partial charge on any atom is 0.251 e. The molecule has 6 nitrogen and oxygen atoms in total. The lowest BCUT2D eigenvalue weighted by molar-refractivity contribution is -0.131. The lowest BCUT2D eigenvalue weighted by atomic mass is 10.1. The van der Waals surface area contributed by atoms with Crippen LogP contribution in [0.25, 0.3) is 0 Å². The molecule has 0 aromatic heterocycles. The molecule has 0 fully saturated rings. The van der Waals surface area contributed by atoms with Crippen LogP contribution in [0.15, 0.2) is 48.5 Å². The molecule has 0 saturated carbocycles. The van der Waals surface area contributed by atoms with Gasteiger partial charge in [-0.25, -0.2) is 0 Å². The van der Waals surface area contributed by atoms with Crippen molar-refractivity contribution in [3.8, 4) is 11.5 Å². The first-order chi connectivity index (χ1) is 13.0. The number of para-hydroxylation sites is 2. The van der Waals surface area contributed by atoms with Gasteiger partial charge in [0.05, 0.1) is 6.54 Å². The molecule has 0 spiro atoms. The van der Waals surface area contributed by atoms with Crippen LogP contribution in [0, 0.1) is 6.92 Å². The van der Waals surface area contributed by atoms with E-state index >= 15 is 0 Å². The van der Waals surface area contributed by atoms with E-state index in [4.69, 9.17) is 9.47 Å². The second kappa shape index (κ2) is 8.58. The number of aryl methyl sites for hydroxylation is 1. The van der Waals surface area contributed by atoms with E-state index in [-0.39, 0.29) is 24.3 Å². The summed E-state index contributed by atoms with van der Waals surface area (Å²) in [7, 11) is 1.73. The molecule has 2 amide bonds. The molecule has 0 saturated heterocycles. The molecule has 2 aromatic carbocycles. The third-order valence-corrected chi connectivity index (χ3v) is 4.48. The Labute approximate surface area is 159 Å². The zero-order valence-electron chi connectivity index (χ0n) is 15.6. The molecule has 6 heteroatoms. The summed E-state index contributed by atoms with van der Waals surface area (Å²) in [6, 6.07) is 14.9. The zero-order valence-corrected chi connectivity index (χ0v) is 15.6. The molecule has 1 atom stereocenters. The van der Waals surface area contributed by atoms with Crippen LogP contribution in [-0.4, -0.2) is 49.6 Å². The summed E-state index contributed by atoms with van der Waals surface area (Å²) in [6.45, 7) is 3.01. The van der Waals surface area contributed by atoms with Crippen LogP contribution >= 0.6 is 0 Å². The highest BCUT2D eigenvalue weighted by atomic mass is 16.6. The number of rotatable bonds is 6. The van der Waals surface area contributed by atoms with Gasteiger partial charge < -0.3 is 19.7 Å². The van der Waals surface area contributed by atoms with E-state index in [0.717, 1.165) is 11.3 Å². The second-order valence-corrected chi connectivity index (χ2v) is 6.59. The van der Waals surface area contributed by atoms with Crippen molar-refractivity contribution < 1.29 is 19.1 Å². The molecule has 1 aliphatic rings. The van der Waals surface area contributed by atoms with E-state index in [1.54, 1.807) is 18.0 Å². The highest BCUT2D eigenvalue weighted by molar-refractivity contribution is 5.95. The van der Waals surface area contributed by atoms with Crippen molar-refractivity contribution in [2.75, 3.05) is 26.7 Å². The minimum atomic E-state index is -0.213. The average Bonchev–Trinajstić information content (AvgIpc) is 2.68. The molecule has 0 radical (unpaired) electrons. The van der Waals surface area contributed by atoms with Crippen LogP contribution in [0.2, 0.25) is 0 Å². The molecule has 27 heavy (non-hydrogen) atoms. The first-order valence-corrected chi connectivity index (χ1v) is 9.01. The lowest BCUT2D eigenvalue weighted by Crippen LogP contribution is -2.42. The third-order valence-electron chi connectivity index (χ3n) is 4.48. The highest BCUT2D eigenvalue weighted by Gasteiger charge is 2.23. The Bertz CT molecular complexity index is 821. The van der Waals surface area contributed by atoms with E-state index in [2.05, 4.69) is 5.32 Å². The standard InChI is InChI=1S/C21H24N2O4/c1-15-7-3-4-8-17(15)21(25)22-12-11-20(24)23(2)13-16-14-26-18-9-5-6-10-19(18)27-16/h3-10,16H,11-14H2,1-2H3,(H,22,25). The molecule has 1 unspecified atom stereocenters. The smallest absolute Gasteiger partial charge is 0.251 e. The Morgan fingerprint density at radius 1 is 1.11 bits per heavy atom. The van der Waals surface area contributed by atoms with Gasteiger partial charge in [0.15, 0.2) is 17.6 Å². The summed E-state index contributed by atoms with van der Waals surface area (Å²) in [5, 5.41) is 2.80. The number of hydrogen-bond donors (Lipinski definition) is 1. The van der Waals surface area contributed by atoms with Gasteiger partial charge >= 0.3 is 0 Å². The van der Waals surface area contributed by atoms with Gasteiger partial charge in [-0.1, -0.05) is 30.3 Å². The molecular formula is C21H24N2O4. The predicted molar refractivity (Wildman–Crippen MR) is 102 cm³/mol. The van der Waals surface area contributed by atoms with Gasteiger partial charge in [-0.15, -0.1) is 0 Å². The Hall–Kier alpha value is -3.02. The topological polar surface area (TPSA) is 67.9 Å². The molecule has 0 bridgehead atoms. The summed E-state index contributed by atoms with van der Waals surface area (Å²) >= 11 is 0. The average molecular weight is 368 g/mol. The predicted octanol–water partition coefficient (Wildman–Crippen LogP) is 2.41. The molecule has 1 N–H and O–H groups in total. The Morgan fingerprint density at radius 3 is 2.59 bits per heavy atom. The van der Waals surface area contributed by atoms with Crippen LogP contribution in [-0.2, 0) is 4.79 Å². The Kier molecular flexibility index (Phi) is 5.96. The van der Waals surface area contributed by atoms with E-state index in [0.29, 0.717) is 31.0 Å². The van der Waals surface area contributed by atoms with E-state index < -0.39 is 0 Å². The number of nitrogens with zero attached hydrogens (tertiary/aromatic N) is 1. The van der Waals surface area contributed by atoms with Crippen molar-refractivity contribution in [1.29, 1.82) is 0 Å². The highest BCUT2D eigenvalue weighted by Crippen LogP contribution is 2.30. The van der Waals surface area contributed by atoms with Gasteiger partial charge in [0.25, 0.3) is 5.91 Å². The van der Waals surface area contributed by atoms with Crippen LogP contribution in [0.3, 0.4) is 0 Å². The quantitative estimate of drug-likeness (QED) is 0.850. The maximum atomic E-state index is 12.3. The summed E-state index contributed by atoms with van der Waals surface area (Å²) in [6.07, 6.45) is 0.0218. The largest absolute Gasteiger partial charge is 0.486 e. The molecule has 3 rings (SSSR count).